The molecule has 1 rings (SSSR count). The van der Waals surface area contributed by atoms with Crippen molar-refractivity contribution in [3.05, 3.63) is 30.1 Å². The summed E-state index contributed by atoms with van der Waals surface area (Å²) in [6.07, 6.45) is 4.40. The Labute approximate surface area is 78.2 Å². The SMILES string of the molecule is CCC(CN[C]=O)c1ccccn1. The van der Waals surface area contributed by atoms with E-state index in [1.807, 2.05) is 18.2 Å². The molecule has 0 spiro atoms. The van der Waals surface area contributed by atoms with Crippen LogP contribution in [0.2, 0.25) is 0 Å². The number of pyridine rings is 1. The lowest BCUT2D eigenvalue weighted by Crippen LogP contribution is -2.20. The van der Waals surface area contributed by atoms with E-state index >= 15 is 0 Å². The highest BCUT2D eigenvalue weighted by Gasteiger charge is 2.08. The number of amides is 1. The first-order chi connectivity index (χ1) is 6.38. The summed E-state index contributed by atoms with van der Waals surface area (Å²) >= 11 is 0. The minimum Gasteiger partial charge on any atom is -0.347 e. The van der Waals surface area contributed by atoms with E-state index in [2.05, 4.69) is 17.2 Å². The molecule has 0 fully saturated rings. The van der Waals surface area contributed by atoms with Crippen LogP contribution in [0.1, 0.15) is 25.0 Å². The number of hydrogen-bond donors (Lipinski definition) is 1. The minimum absolute atomic E-state index is 0.294. The summed E-state index contributed by atoms with van der Waals surface area (Å²) in [6, 6.07) is 5.81. The maximum atomic E-state index is 10.0. The number of aromatic nitrogens is 1. The van der Waals surface area contributed by atoms with Gasteiger partial charge in [-0.2, -0.15) is 0 Å². The lowest BCUT2D eigenvalue weighted by Gasteiger charge is -2.12. The molecular formula is C10H13N2O. The molecule has 1 heterocycles. The predicted octanol–water partition coefficient (Wildman–Crippen LogP) is 1.23. The standard InChI is InChI=1S/C10H13N2O/c1-2-9(7-11-8-13)10-5-3-4-6-12-10/h3-6,9H,2,7H2,1H3,(H,11,13). The van der Waals surface area contributed by atoms with Gasteiger partial charge >= 0.3 is 6.41 Å². The number of hydrogen-bond acceptors (Lipinski definition) is 2. The average Bonchev–Trinajstić information content (AvgIpc) is 2.21. The van der Waals surface area contributed by atoms with Crippen molar-refractivity contribution in [3.8, 4) is 0 Å². The van der Waals surface area contributed by atoms with Crippen LogP contribution in [0.5, 0.6) is 0 Å². The number of carbonyl (C=O) groups excluding carboxylic acids is 1. The fourth-order valence-corrected chi connectivity index (χ4v) is 1.24. The van der Waals surface area contributed by atoms with Crippen molar-refractivity contribution in [2.75, 3.05) is 6.54 Å². The van der Waals surface area contributed by atoms with Crippen LogP contribution in [-0.4, -0.2) is 17.9 Å². The molecule has 0 aliphatic rings. The van der Waals surface area contributed by atoms with Gasteiger partial charge in [-0.05, 0) is 18.6 Å². The quantitative estimate of drug-likeness (QED) is 0.687. The highest BCUT2D eigenvalue weighted by molar-refractivity contribution is 5.47. The van der Waals surface area contributed by atoms with Gasteiger partial charge in [0.05, 0.1) is 0 Å². The molecule has 3 heteroatoms. The second-order valence-corrected chi connectivity index (χ2v) is 2.84. The molecule has 0 aromatic carbocycles. The van der Waals surface area contributed by atoms with E-state index < -0.39 is 0 Å². The zero-order chi connectivity index (χ0) is 9.52. The van der Waals surface area contributed by atoms with Crippen molar-refractivity contribution < 1.29 is 4.79 Å². The Morgan fingerprint density at radius 2 is 2.46 bits per heavy atom. The summed E-state index contributed by atoms with van der Waals surface area (Å²) < 4.78 is 0. The van der Waals surface area contributed by atoms with E-state index in [9.17, 15) is 4.79 Å². The van der Waals surface area contributed by atoms with Crippen LogP contribution in [0.4, 0.5) is 0 Å². The molecule has 1 aromatic heterocycles. The van der Waals surface area contributed by atoms with Gasteiger partial charge in [0.15, 0.2) is 0 Å². The largest absolute Gasteiger partial charge is 0.347 e. The summed E-state index contributed by atoms with van der Waals surface area (Å²) in [5, 5.41) is 2.55. The monoisotopic (exact) mass is 177 g/mol. The van der Waals surface area contributed by atoms with Gasteiger partial charge in [0.25, 0.3) is 0 Å². The van der Waals surface area contributed by atoms with E-state index in [-0.39, 0.29) is 0 Å². The molecule has 1 radical (unpaired) electrons. The Bertz CT molecular complexity index is 248. The molecule has 1 unspecified atom stereocenters. The molecule has 0 aliphatic carbocycles. The first-order valence-corrected chi connectivity index (χ1v) is 4.39. The third-order valence-corrected chi connectivity index (χ3v) is 2.02. The second-order valence-electron chi connectivity index (χ2n) is 2.84. The third-order valence-electron chi connectivity index (χ3n) is 2.02. The van der Waals surface area contributed by atoms with Gasteiger partial charge in [-0.3, -0.25) is 9.78 Å². The van der Waals surface area contributed by atoms with Gasteiger partial charge in [0.2, 0.25) is 0 Å². The van der Waals surface area contributed by atoms with Gasteiger partial charge in [0, 0.05) is 24.4 Å². The summed E-state index contributed by atoms with van der Waals surface area (Å²) in [6.45, 7) is 2.68. The van der Waals surface area contributed by atoms with E-state index in [1.165, 1.54) is 0 Å². The molecule has 0 aliphatic heterocycles. The number of rotatable bonds is 5. The molecule has 0 saturated heterocycles. The summed E-state index contributed by atoms with van der Waals surface area (Å²) in [4.78, 5) is 14.2. The van der Waals surface area contributed by atoms with Gasteiger partial charge in [-0.25, -0.2) is 0 Å². The van der Waals surface area contributed by atoms with Crippen LogP contribution in [-0.2, 0) is 4.79 Å². The lowest BCUT2D eigenvalue weighted by atomic mass is 10.0. The van der Waals surface area contributed by atoms with Crippen LogP contribution in [0.25, 0.3) is 0 Å². The topological polar surface area (TPSA) is 42.0 Å². The lowest BCUT2D eigenvalue weighted by molar-refractivity contribution is 0.530. The molecule has 13 heavy (non-hydrogen) atoms. The van der Waals surface area contributed by atoms with Crippen LogP contribution in [0.15, 0.2) is 24.4 Å². The molecule has 3 nitrogen and oxygen atoms in total. The predicted molar refractivity (Wildman–Crippen MR) is 51.0 cm³/mol. The fraction of sp³-hybridized carbons (Fsp3) is 0.400. The second kappa shape index (κ2) is 5.30. The van der Waals surface area contributed by atoms with Gasteiger partial charge in [-0.1, -0.05) is 13.0 Å². The first-order valence-electron chi connectivity index (χ1n) is 4.39. The molecular weight excluding hydrogens is 164 g/mol. The molecule has 0 saturated carbocycles. The minimum atomic E-state index is 0.294. The molecule has 1 N–H and O–H groups in total. The van der Waals surface area contributed by atoms with Crippen molar-refractivity contribution in [3.63, 3.8) is 0 Å². The summed E-state index contributed by atoms with van der Waals surface area (Å²) in [5.74, 6) is 0.294. The fourth-order valence-electron chi connectivity index (χ4n) is 1.24. The molecule has 1 aromatic rings. The van der Waals surface area contributed by atoms with Crippen molar-refractivity contribution in [2.45, 2.75) is 19.3 Å². The molecule has 1 atom stereocenters. The smallest absolute Gasteiger partial charge is 0.309 e. The Morgan fingerprint density at radius 3 is 3.00 bits per heavy atom. The van der Waals surface area contributed by atoms with Crippen molar-refractivity contribution in [1.29, 1.82) is 0 Å². The normalized spacial score (nSPS) is 12.1. The van der Waals surface area contributed by atoms with Crippen LogP contribution in [0.3, 0.4) is 0 Å². The molecule has 1 amide bonds. The van der Waals surface area contributed by atoms with E-state index in [1.54, 1.807) is 12.6 Å². The van der Waals surface area contributed by atoms with Crippen molar-refractivity contribution in [2.24, 2.45) is 0 Å². The molecule has 69 valence electrons. The Kier molecular flexibility index (Phi) is 3.96. The van der Waals surface area contributed by atoms with Crippen LogP contribution >= 0.6 is 0 Å². The average molecular weight is 177 g/mol. The highest BCUT2D eigenvalue weighted by atomic mass is 16.1. The Morgan fingerprint density at radius 1 is 1.62 bits per heavy atom. The third kappa shape index (κ3) is 2.86. The van der Waals surface area contributed by atoms with Crippen molar-refractivity contribution in [1.82, 2.24) is 10.3 Å². The van der Waals surface area contributed by atoms with Gasteiger partial charge in [0.1, 0.15) is 0 Å². The summed E-state index contributed by atoms with van der Waals surface area (Å²) in [7, 11) is 0. The number of nitrogens with zero attached hydrogens (tertiary/aromatic N) is 1. The maximum Gasteiger partial charge on any atom is 0.309 e. The first kappa shape index (κ1) is 9.71. The van der Waals surface area contributed by atoms with Crippen molar-refractivity contribution >= 4 is 6.41 Å². The zero-order valence-electron chi connectivity index (χ0n) is 7.66. The maximum absolute atomic E-state index is 10.0. The molecule has 0 bridgehead atoms. The summed E-state index contributed by atoms with van der Waals surface area (Å²) in [5.41, 5.74) is 1.02. The van der Waals surface area contributed by atoms with E-state index in [4.69, 9.17) is 0 Å². The zero-order valence-corrected chi connectivity index (χ0v) is 7.66. The van der Waals surface area contributed by atoms with Crippen LogP contribution < -0.4 is 5.32 Å². The Hall–Kier alpha value is -1.38. The van der Waals surface area contributed by atoms with E-state index in [0.29, 0.717) is 12.5 Å². The van der Waals surface area contributed by atoms with Gasteiger partial charge in [-0.15, -0.1) is 0 Å². The van der Waals surface area contributed by atoms with Gasteiger partial charge < -0.3 is 5.32 Å². The van der Waals surface area contributed by atoms with Crippen LogP contribution in [0, 0.1) is 0 Å². The Balaban J connectivity index is 2.61. The van der Waals surface area contributed by atoms with E-state index in [0.717, 1.165) is 12.1 Å². The highest BCUT2D eigenvalue weighted by Crippen LogP contribution is 2.14. The number of nitrogens with one attached hydrogen (secondary N) is 1.